The molecular weight excluding hydrogens is 298 g/mol. The highest BCUT2D eigenvalue weighted by molar-refractivity contribution is 6.31. The Hall–Kier alpha value is -2.28. The third-order valence-electron chi connectivity index (χ3n) is 3.06. The summed E-state index contributed by atoms with van der Waals surface area (Å²) in [7, 11) is 0. The summed E-state index contributed by atoms with van der Waals surface area (Å²) < 4.78 is 0. The Balaban J connectivity index is 2.01. The number of benzene rings is 1. The van der Waals surface area contributed by atoms with E-state index in [0.717, 1.165) is 0 Å². The number of carboxylic acid groups (broad SMARTS) is 1. The lowest BCUT2D eigenvalue weighted by Crippen LogP contribution is -2.49. The van der Waals surface area contributed by atoms with Gasteiger partial charge in [-0.25, -0.2) is 9.59 Å². The van der Waals surface area contributed by atoms with Crippen molar-refractivity contribution in [1.82, 2.24) is 10.6 Å². The summed E-state index contributed by atoms with van der Waals surface area (Å²) in [5.41, 5.74) is 0.0684. The molecule has 0 saturated carbocycles. The Labute approximate surface area is 125 Å². The van der Waals surface area contributed by atoms with E-state index in [-0.39, 0.29) is 23.2 Å². The Morgan fingerprint density at radius 3 is 2.76 bits per heavy atom. The summed E-state index contributed by atoms with van der Waals surface area (Å²) in [5, 5.41) is 17.2. The molecule has 1 aromatic carbocycles. The van der Waals surface area contributed by atoms with Crippen molar-refractivity contribution in [3.63, 3.8) is 0 Å². The molecule has 1 heterocycles. The van der Waals surface area contributed by atoms with Gasteiger partial charge in [0, 0.05) is 24.0 Å². The van der Waals surface area contributed by atoms with Crippen molar-refractivity contribution in [2.75, 3.05) is 11.9 Å². The summed E-state index contributed by atoms with van der Waals surface area (Å²) in [4.78, 5) is 34.0. The molecule has 0 aromatic heterocycles. The van der Waals surface area contributed by atoms with Crippen LogP contribution >= 0.6 is 11.6 Å². The van der Waals surface area contributed by atoms with Crippen LogP contribution in [0.3, 0.4) is 0 Å². The number of hydrogen-bond donors (Lipinski definition) is 4. The van der Waals surface area contributed by atoms with Crippen molar-refractivity contribution in [2.24, 2.45) is 0 Å². The second-order valence-corrected chi connectivity index (χ2v) is 5.07. The van der Waals surface area contributed by atoms with Gasteiger partial charge in [0.1, 0.15) is 0 Å². The number of halogens is 1. The van der Waals surface area contributed by atoms with Crippen LogP contribution in [0.2, 0.25) is 5.02 Å². The maximum Gasteiger partial charge on any atom is 0.337 e. The number of carboxylic acids is 1. The second-order valence-electron chi connectivity index (χ2n) is 4.63. The summed E-state index contributed by atoms with van der Waals surface area (Å²) in [6.45, 7) is 0.355. The van der Waals surface area contributed by atoms with Crippen molar-refractivity contribution < 1.29 is 19.5 Å². The van der Waals surface area contributed by atoms with E-state index in [4.69, 9.17) is 16.7 Å². The monoisotopic (exact) mass is 311 g/mol. The lowest BCUT2D eigenvalue weighted by molar-refractivity contribution is -0.122. The number of nitrogens with one attached hydrogen (secondary N) is 3. The Bertz CT molecular complexity index is 581. The van der Waals surface area contributed by atoms with Gasteiger partial charge in [-0.15, -0.1) is 0 Å². The molecule has 2 rings (SSSR count). The first-order valence-corrected chi connectivity index (χ1v) is 6.70. The van der Waals surface area contributed by atoms with E-state index in [0.29, 0.717) is 24.4 Å². The van der Waals surface area contributed by atoms with Crippen molar-refractivity contribution in [3.05, 3.63) is 28.8 Å². The average molecular weight is 312 g/mol. The molecule has 0 bridgehead atoms. The minimum atomic E-state index is -1.16. The van der Waals surface area contributed by atoms with Crippen LogP contribution in [0.1, 0.15) is 23.2 Å². The molecule has 0 aliphatic carbocycles. The molecule has 1 unspecified atom stereocenters. The number of hydrogen-bond acceptors (Lipinski definition) is 3. The van der Waals surface area contributed by atoms with Gasteiger partial charge in [0.05, 0.1) is 11.3 Å². The number of aromatic carboxylic acids is 1. The molecule has 112 valence electrons. The van der Waals surface area contributed by atoms with E-state index in [9.17, 15) is 14.4 Å². The Morgan fingerprint density at radius 1 is 1.38 bits per heavy atom. The number of amides is 3. The molecule has 4 N–H and O–H groups in total. The van der Waals surface area contributed by atoms with Crippen LogP contribution in [-0.4, -0.2) is 35.6 Å². The SMILES string of the molecule is O=C1CCC(NC(=O)Nc2cc(Cl)ccc2C(=O)O)CN1. The summed E-state index contributed by atoms with van der Waals surface area (Å²) >= 11 is 5.80. The second kappa shape index (κ2) is 6.45. The first-order chi connectivity index (χ1) is 9.95. The number of piperidine rings is 1. The van der Waals surface area contributed by atoms with Gasteiger partial charge in [-0.2, -0.15) is 0 Å². The van der Waals surface area contributed by atoms with Crippen molar-refractivity contribution >= 4 is 35.2 Å². The van der Waals surface area contributed by atoms with E-state index >= 15 is 0 Å². The van der Waals surface area contributed by atoms with Crippen LogP contribution < -0.4 is 16.0 Å². The lowest BCUT2D eigenvalue weighted by Gasteiger charge is -2.23. The highest BCUT2D eigenvalue weighted by atomic mass is 35.5. The smallest absolute Gasteiger partial charge is 0.337 e. The highest BCUT2D eigenvalue weighted by Crippen LogP contribution is 2.21. The van der Waals surface area contributed by atoms with Crippen LogP contribution in [0.4, 0.5) is 10.5 Å². The zero-order valence-electron chi connectivity index (χ0n) is 11.0. The van der Waals surface area contributed by atoms with Crippen LogP contribution in [0.25, 0.3) is 0 Å². The van der Waals surface area contributed by atoms with Gasteiger partial charge in [0.25, 0.3) is 0 Å². The van der Waals surface area contributed by atoms with Gasteiger partial charge in [-0.05, 0) is 24.6 Å². The minimum Gasteiger partial charge on any atom is -0.478 e. The summed E-state index contributed by atoms with van der Waals surface area (Å²) in [6, 6.07) is 3.40. The largest absolute Gasteiger partial charge is 0.478 e. The highest BCUT2D eigenvalue weighted by Gasteiger charge is 2.20. The molecule has 1 atom stereocenters. The minimum absolute atomic E-state index is 0.0449. The fourth-order valence-corrected chi connectivity index (χ4v) is 2.18. The zero-order valence-corrected chi connectivity index (χ0v) is 11.7. The number of carbonyl (C=O) groups is 3. The molecule has 3 amide bonds. The third kappa shape index (κ3) is 4.09. The molecule has 1 aliphatic heterocycles. The van der Waals surface area contributed by atoms with Crippen LogP contribution in [0, 0.1) is 0 Å². The molecule has 1 aliphatic rings. The molecule has 21 heavy (non-hydrogen) atoms. The summed E-state index contributed by atoms with van der Waals surface area (Å²) in [5.74, 6) is -1.21. The molecule has 1 saturated heterocycles. The first-order valence-electron chi connectivity index (χ1n) is 6.33. The Kier molecular flexibility index (Phi) is 4.64. The molecule has 7 nitrogen and oxygen atoms in total. The van der Waals surface area contributed by atoms with E-state index < -0.39 is 12.0 Å². The van der Waals surface area contributed by atoms with Gasteiger partial charge in [0.2, 0.25) is 5.91 Å². The predicted octanol–water partition coefficient (Wildman–Crippen LogP) is 1.44. The fraction of sp³-hybridized carbons (Fsp3) is 0.308. The predicted molar refractivity (Wildman–Crippen MR) is 76.6 cm³/mol. The topological polar surface area (TPSA) is 108 Å². The van der Waals surface area contributed by atoms with E-state index in [2.05, 4.69) is 16.0 Å². The number of anilines is 1. The first kappa shape index (κ1) is 15.1. The van der Waals surface area contributed by atoms with Gasteiger partial charge in [0.15, 0.2) is 0 Å². The van der Waals surface area contributed by atoms with Crippen molar-refractivity contribution in [2.45, 2.75) is 18.9 Å². The number of urea groups is 1. The lowest BCUT2D eigenvalue weighted by atomic mass is 10.1. The van der Waals surface area contributed by atoms with Crippen molar-refractivity contribution in [3.8, 4) is 0 Å². The van der Waals surface area contributed by atoms with Gasteiger partial charge in [-0.1, -0.05) is 11.6 Å². The number of carbonyl (C=O) groups excluding carboxylic acids is 2. The van der Waals surface area contributed by atoms with Crippen LogP contribution in [0.5, 0.6) is 0 Å². The molecule has 1 fully saturated rings. The van der Waals surface area contributed by atoms with Crippen LogP contribution in [0.15, 0.2) is 18.2 Å². The molecule has 0 spiro atoms. The van der Waals surface area contributed by atoms with E-state index in [1.54, 1.807) is 0 Å². The maximum absolute atomic E-state index is 11.9. The van der Waals surface area contributed by atoms with Gasteiger partial charge >= 0.3 is 12.0 Å². The molecular formula is C13H14ClN3O4. The maximum atomic E-state index is 11.9. The Morgan fingerprint density at radius 2 is 2.14 bits per heavy atom. The fourth-order valence-electron chi connectivity index (χ4n) is 2.01. The van der Waals surface area contributed by atoms with Gasteiger partial charge in [-0.3, -0.25) is 4.79 Å². The zero-order chi connectivity index (χ0) is 15.4. The normalized spacial score (nSPS) is 17.8. The van der Waals surface area contributed by atoms with Crippen LogP contribution in [-0.2, 0) is 4.79 Å². The quantitative estimate of drug-likeness (QED) is 0.677. The van der Waals surface area contributed by atoms with Crippen molar-refractivity contribution in [1.29, 1.82) is 0 Å². The summed E-state index contributed by atoms with van der Waals surface area (Å²) in [6.07, 6.45) is 0.892. The average Bonchev–Trinajstić information content (AvgIpc) is 2.41. The standard InChI is InChI=1S/C13H14ClN3O4/c14-7-1-3-9(12(19)20)10(5-7)17-13(21)16-8-2-4-11(18)15-6-8/h1,3,5,8H,2,4,6H2,(H,15,18)(H,19,20)(H2,16,17,21). The molecule has 1 aromatic rings. The van der Waals surface area contributed by atoms with Gasteiger partial charge < -0.3 is 21.1 Å². The van der Waals surface area contributed by atoms with E-state index in [1.807, 2.05) is 0 Å². The number of rotatable bonds is 3. The molecule has 0 radical (unpaired) electrons. The molecule has 8 heteroatoms. The third-order valence-corrected chi connectivity index (χ3v) is 3.30. The van der Waals surface area contributed by atoms with E-state index in [1.165, 1.54) is 18.2 Å².